The van der Waals surface area contributed by atoms with Crippen LogP contribution in [-0.4, -0.2) is 35.3 Å². The van der Waals surface area contributed by atoms with Gasteiger partial charge >= 0.3 is 0 Å². The number of amides is 2. The first-order valence-electron chi connectivity index (χ1n) is 9.60. The largest absolute Gasteiger partial charge is 0.358 e. The third-order valence-electron chi connectivity index (χ3n) is 4.25. The van der Waals surface area contributed by atoms with Gasteiger partial charge < -0.3 is 10.6 Å². The van der Waals surface area contributed by atoms with Gasteiger partial charge in [-0.3, -0.25) is 14.8 Å². The molecule has 154 valence electrons. The van der Waals surface area contributed by atoms with Gasteiger partial charge in [0.05, 0.1) is 0 Å². The molecule has 1 atom stereocenters. The molecule has 0 unspecified atom stereocenters. The molecule has 1 aliphatic rings. The molecule has 1 saturated carbocycles. The summed E-state index contributed by atoms with van der Waals surface area (Å²) in [5.74, 6) is 0.123. The maximum absolute atomic E-state index is 12.7. The van der Waals surface area contributed by atoms with Crippen LogP contribution < -0.4 is 16.1 Å². The molecular weight excluding hydrogens is 356 g/mol. The zero-order valence-corrected chi connectivity index (χ0v) is 16.8. The second-order valence-corrected chi connectivity index (χ2v) is 7.25. The highest BCUT2D eigenvalue weighted by Crippen LogP contribution is 2.18. The van der Waals surface area contributed by atoms with E-state index in [1.54, 1.807) is 12.2 Å². The van der Waals surface area contributed by atoms with E-state index in [1.165, 1.54) is 17.8 Å². The van der Waals surface area contributed by atoms with Crippen LogP contribution in [0.15, 0.2) is 53.8 Å². The molecule has 7 nitrogen and oxygen atoms in total. The highest BCUT2D eigenvalue weighted by Gasteiger charge is 2.24. The highest BCUT2D eigenvalue weighted by atomic mass is 16.5. The van der Waals surface area contributed by atoms with Crippen molar-refractivity contribution in [2.45, 2.75) is 58.0 Å². The van der Waals surface area contributed by atoms with Crippen LogP contribution >= 0.6 is 0 Å². The van der Waals surface area contributed by atoms with Crippen LogP contribution in [0.2, 0.25) is 0 Å². The topological polar surface area (TPSA) is 103 Å². The lowest BCUT2D eigenvalue weighted by molar-refractivity contribution is -0.124. The van der Waals surface area contributed by atoms with Crippen molar-refractivity contribution in [3.63, 3.8) is 0 Å². The van der Waals surface area contributed by atoms with E-state index in [9.17, 15) is 9.59 Å². The van der Waals surface area contributed by atoms with Crippen molar-refractivity contribution in [3.8, 4) is 0 Å². The second-order valence-electron chi connectivity index (χ2n) is 7.25. The minimum atomic E-state index is -0.657. The quantitative estimate of drug-likeness (QED) is 0.144. The molecule has 1 fully saturated rings. The molecule has 0 aromatic rings. The van der Waals surface area contributed by atoms with E-state index in [2.05, 4.69) is 42.6 Å². The van der Waals surface area contributed by atoms with Gasteiger partial charge in [-0.2, -0.15) is 0 Å². The minimum absolute atomic E-state index is 0.0240. The lowest BCUT2D eigenvalue weighted by Gasteiger charge is -2.23. The minimum Gasteiger partial charge on any atom is -0.358 e. The molecule has 2 amide bonds. The number of allylic oxidation sites excluding steroid dienone is 4. The summed E-state index contributed by atoms with van der Waals surface area (Å²) in [4.78, 5) is 28.1. The first kappa shape index (κ1) is 23.4. The van der Waals surface area contributed by atoms with Crippen LogP contribution in [0.1, 0.15) is 46.0 Å². The van der Waals surface area contributed by atoms with Crippen LogP contribution in [0.5, 0.6) is 0 Å². The Balaban J connectivity index is 2.80. The summed E-state index contributed by atoms with van der Waals surface area (Å²) < 4.78 is 0. The predicted molar refractivity (Wildman–Crippen MR) is 112 cm³/mol. The van der Waals surface area contributed by atoms with Crippen molar-refractivity contribution in [1.82, 2.24) is 16.1 Å². The molecule has 0 bridgehead atoms. The van der Waals surface area contributed by atoms with Gasteiger partial charge in [-0.05, 0) is 42.9 Å². The van der Waals surface area contributed by atoms with Crippen molar-refractivity contribution in [2.75, 3.05) is 0 Å². The molecule has 4 N–H and O–H groups in total. The Morgan fingerprint density at radius 1 is 1.25 bits per heavy atom. The molecule has 1 aliphatic carbocycles. The van der Waals surface area contributed by atoms with Crippen molar-refractivity contribution in [2.24, 2.45) is 10.9 Å². The van der Waals surface area contributed by atoms with E-state index in [1.807, 2.05) is 0 Å². The van der Waals surface area contributed by atoms with Crippen molar-refractivity contribution in [1.29, 1.82) is 0 Å². The van der Waals surface area contributed by atoms with E-state index in [-0.39, 0.29) is 11.9 Å². The van der Waals surface area contributed by atoms with Gasteiger partial charge in [0.2, 0.25) is 5.91 Å². The molecule has 0 aromatic carbocycles. The third kappa shape index (κ3) is 9.32. The lowest BCUT2D eigenvalue weighted by Crippen LogP contribution is -2.47. The van der Waals surface area contributed by atoms with E-state index in [0.717, 1.165) is 31.8 Å². The molecule has 0 radical (unpaired) electrons. The molecular formula is C21H32N4O3. The molecule has 0 saturated heterocycles. The van der Waals surface area contributed by atoms with Crippen LogP contribution in [-0.2, 0) is 9.59 Å². The van der Waals surface area contributed by atoms with Crippen molar-refractivity contribution < 1.29 is 14.8 Å². The van der Waals surface area contributed by atoms with Crippen LogP contribution in [0.3, 0.4) is 0 Å². The fourth-order valence-corrected chi connectivity index (χ4v) is 2.91. The SMILES string of the molecule is C=C/C=C(\N=CC(=C)/C=C/C(=O)NO)N[C@H](CC(C)C)C(=O)NC1CCCC1. The van der Waals surface area contributed by atoms with Crippen LogP contribution in [0.4, 0.5) is 0 Å². The number of hydrogen-bond acceptors (Lipinski definition) is 5. The summed E-state index contributed by atoms with van der Waals surface area (Å²) in [6, 6.07) is -0.158. The summed E-state index contributed by atoms with van der Waals surface area (Å²) in [5.41, 5.74) is 1.95. The smallest absolute Gasteiger partial charge is 0.267 e. The maximum Gasteiger partial charge on any atom is 0.267 e. The zero-order valence-electron chi connectivity index (χ0n) is 16.8. The Kier molecular flexibility index (Phi) is 10.6. The molecule has 1 rings (SSSR count). The first-order chi connectivity index (χ1) is 13.3. The average molecular weight is 389 g/mol. The molecule has 0 heterocycles. The number of hydrogen-bond donors (Lipinski definition) is 4. The fourth-order valence-electron chi connectivity index (χ4n) is 2.91. The number of carbonyl (C=O) groups is 2. The van der Waals surface area contributed by atoms with Gasteiger partial charge in [0, 0.05) is 18.3 Å². The first-order valence-corrected chi connectivity index (χ1v) is 9.60. The molecule has 0 aromatic heterocycles. The third-order valence-corrected chi connectivity index (χ3v) is 4.25. The second kappa shape index (κ2) is 12.7. The summed E-state index contributed by atoms with van der Waals surface area (Å²) in [6.45, 7) is 11.6. The summed E-state index contributed by atoms with van der Waals surface area (Å²) in [7, 11) is 0. The van der Waals surface area contributed by atoms with Crippen molar-refractivity contribution >= 4 is 18.0 Å². The Labute approximate surface area is 167 Å². The van der Waals surface area contributed by atoms with E-state index in [4.69, 9.17) is 5.21 Å². The summed E-state index contributed by atoms with van der Waals surface area (Å²) >= 11 is 0. The Hall–Kier alpha value is -2.67. The number of nitrogens with zero attached hydrogens (tertiary/aromatic N) is 1. The number of rotatable bonds is 11. The van der Waals surface area contributed by atoms with Gasteiger partial charge in [0.15, 0.2) is 0 Å². The van der Waals surface area contributed by atoms with Gasteiger partial charge in [-0.15, -0.1) is 0 Å². The fraction of sp³-hybridized carbons (Fsp3) is 0.476. The summed E-state index contributed by atoms with van der Waals surface area (Å²) in [5, 5.41) is 14.8. The standard InChI is InChI=1S/C21H32N4O3/c1-5-8-19(22-14-16(4)11-12-20(26)25-28)24-18(13-15(2)3)21(27)23-17-9-6-7-10-17/h5,8,11-12,14-15,17-18,24,28H,1,4,6-7,9-10,13H2,2-3H3,(H,23,27)(H,25,26)/b12-11+,19-8+,22-14?/t18-/m1/s1. The monoisotopic (exact) mass is 388 g/mol. The van der Waals surface area contributed by atoms with Crippen molar-refractivity contribution in [3.05, 3.63) is 48.9 Å². The molecule has 28 heavy (non-hydrogen) atoms. The number of hydroxylamine groups is 1. The van der Waals surface area contributed by atoms with Gasteiger partial charge in [-0.1, -0.05) is 45.9 Å². The van der Waals surface area contributed by atoms with E-state index >= 15 is 0 Å². The predicted octanol–water partition coefficient (Wildman–Crippen LogP) is 2.77. The Bertz CT molecular complexity index is 644. The highest BCUT2D eigenvalue weighted by molar-refractivity contribution is 5.90. The van der Waals surface area contributed by atoms with E-state index < -0.39 is 11.9 Å². The molecule has 7 heteroatoms. The van der Waals surface area contributed by atoms with Gasteiger partial charge in [0.1, 0.15) is 11.9 Å². The molecule has 0 spiro atoms. The Morgan fingerprint density at radius 3 is 2.50 bits per heavy atom. The normalized spacial score (nSPS) is 16.5. The number of carbonyl (C=O) groups excluding carboxylic acids is 2. The zero-order chi connectivity index (χ0) is 20.9. The van der Waals surface area contributed by atoms with Gasteiger partial charge in [0.25, 0.3) is 5.91 Å². The summed E-state index contributed by atoms with van der Waals surface area (Å²) in [6.07, 6.45) is 12.3. The van der Waals surface area contributed by atoms with Crippen LogP contribution in [0, 0.1) is 5.92 Å². The molecule has 0 aliphatic heterocycles. The van der Waals surface area contributed by atoms with Crippen LogP contribution in [0.25, 0.3) is 0 Å². The van der Waals surface area contributed by atoms with E-state index in [0.29, 0.717) is 23.7 Å². The number of nitrogens with one attached hydrogen (secondary N) is 3. The lowest BCUT2D eigenvalue weighted by atomic mass is 10.0. The Morgan fingerprint density at radius 2 is 1.93 bits per heavy atom. The van der Waals surface area contributed by atoms with Gasteiger partial charge in [-0.25, -0.2) is 10.5 Å². The maximum atomic E-state index is 12.7. The number of aliphatic imine (C=N–C) groups is 1. The average Bonchev–Trinajstić information content (AvgIpc) is 3.16.